The van der Waals surface area contributed by atoms with E-state index in [2.05, 4.69) is 25.4 Å². The summed E-state index contributed by atoms with van der Waals surface area (Å²) in [4.78, 5) is -0.0186. The van der Waals surface area contributed by atoms with E-state index >= 15 is 0 Å². The van der Waals surface area contributed by atoms with Gasteiger partial charge in [0.25, 0.3) is 0 Å². The average molecular weight is 379 g/mol. The maximum Gasteiger partial charge on any atom is 0.358 e. The lowest BCUT2D eigenvalue weighted by molar-refractivity contribution is 0.339. The van der Waals surface area contributed by atoms with Crippen LogP contribution in [0, 0.1) is 18.3 Å². The van der Waals surface area contributed by atoms with Crippen LogP contribution in [0.5, 0.6) is 0 Å². The standard InChI is InChI=1S/C15H11BrN2O3S/c1-11-2-8-14(9-3-11)22(19,20)21-18-15(10-17)12-4-6-13(16)7-5-12/h2-9H,1H3. The third kappa shape index (κ3) is 3.93. The molecule has 0 atom stereocenters. The van der Waals surface area contributed by atoms with Gasteiger partial charge in [-0.15, -0.1) is 0 Å². The van der Waals surface area contributed by atoms with Crippen molar-refractivity contribution in [2.75, 3.05) is 0 Å². The molecule has 0 heterocycles. The molecule has 0 amide bonds. The molecule has 0 bridgehead atoms. The second-order valence-corrected chi connectivity index (χ2v) is 6.84. The first-order valence-corrected chi connectivity index (χ1v) is 8.37. The molecule has 7 heteroatoms. The van der Waals surface area contributed by atoms with E-state index in [9.17, 15) is 8.42 Å². The Labute approximate surface area is 137 Å². The van der Waals surface area contributed by atoms with Crippen LogP contribution in [0.25, 0.3) is 0 Å². The van der Waals surface area contributed by atoms with Crippen LogP contribution in [0.4, 0.5) is 0 Å². The molecule has 0 fully saturated rings. The van der Waals surface area contributed by atoms with Gasteiger partial charge < -0.3 is 0 Å². The number of rotatable bonds is 4. The number of halogens is 1. The summed E-state index contributed by atoms with van der Waals surface area (Å²) in [5, 5.41) is 12.6. The zero-order valence-electron chi connectivity index (χ0n) is 11.5. The number of nitrogens with zero attached hydrogens (tertiary/aromatic N) is 2. The minimum atomic E-state index is -4.05. The summed E-state index contributed by atoms with van der Waals surface area (Å²) in [5.41, 5.74) is 1.27. The highest BCUT2D eigenvalue weighted by Gasteiger charge is 2.16. The number of hydrogen-bond acceptors (Lipinski definition) is 5. The van der Waals surface area contributed by atoms with E-state index < -0.39 is 10.1 Å². The number of hydrogen-bond donors (Lipinski definition) is 0. The van der Waals surface area contributed by atoms with Gasteiger partial charge >= 0.3 is 10.1 Å². The summed E-state index contributed by atoms with van der Waals surface area (Å²) in [6.45, 7) is 1.84. The number of aryl methyl sites for hydroxylation is 1. The van der Waals surface area contributed by atoms with Crippen molar-refractivity contribution in [1.82, 2.24) is 0 Å². The third-order valence-corrected chi connectivity index (χ3v) is 4.41. The Morgan fingerprint density at radius 2 is 1.73 bits per heavy atom. The minimum Gasteiger partial charge on any atom is -0.263 e. The molecule has 2 rings (SSSR count). The van der Waals surface area contributed by atoms with Gasteiger partial charge in [-0.25, -0.2) is 0 Å². The van der Waals surface area contributed by atoms with Crippen LogP contribution in [0.3, 0.4) is 0 Å². The van der Waals surface area contributed by atoms with Crippen LogP contribution in [-0.4, -0.2) is 14.1 Å². The summed E-state index contributed by atoms with van der Waals surface area (Å²) in [6.07, 6.45) is 0. The van der Waals surface area contributed by atoms with E-state index in [0.717, 1.165) is 10.0 Å². The Balaban J connectivity index is 2.26. The van der Waals surface area contributed by atoms with E-state index in [-0.39, 0.29) is 10.6 Å². The van der Waals surface area contributed by atoms with Gasteiger partial charge in [0.1, 0.15) is 11.0 Å². The number of benzene rings is 2. The Kier molecular flexibility index (Phi) is 4.96. The normalized spacial score (nSPS) is 11.8. The SMILES string of the molecule is Cc1ccc(S(=O)(=O)ON=C(C#N)c2ccc(Br)cc2)cc1. The molecule has 112 valence electrons. The van der Waals surface area contributed by atoms with Crippen molar-refractivity contribution in [1.29, 1.82) is 5.26 Å². The zero-order chi connectivity index (χ0) is 16.2. The minimum absolute atomic E-state index is 0.0186. The molecule has 22 heavy (non-hydrogen) atoms. The van der Waals surface area contributed by atoms with Crippen LogP contribution in [-0.2, 0) is 14.4 Å². The lowest BCUT2D eigenvalue weighted by Crippen LogP contribution is -2.06. The van der Waals surface area contributed by atoms with Gasteiger partial charge in [0, 0.05) is 10.0 Å². The highest BCUT2D eigenvalue weighted by atomic mass is 79.9. The van der Waals surface area contributed by atoms with Crippen molar-refractivity contribution < 1.29 is 12.7 Å². The first kappa shape index (κ1) is 16.2. The van der Waals surface area contributed by atoms with E-state index in [0.29, 0.717) is 5.56 Å². The molecular formula is C15H11BrN2O3S. The van der Waals surface area contributed by atoms with E-state index in [1.165, 1.54) is 12.1 Å². The molecule has 0 N–H and O–H groups in total. The lowest BCUT2D eigenvalue weighted by atomic mass is 10.1. The van der Waals surface area contributed by atoms with Crippen LogP contribution in [0.2, 0.25) is 0 Å². The second-order valence-electron chi connectivity index (χ2n) is 4.40. The molecule has 0 aliphatic heterocycles. The summed E-state index contributed by atoms with van der Waals surface area (Å²) in [7, 11) is -4.05. The molecule has 0 spiro atoms. The zero-order valence-corrected chi connectivity index (χ0v) is 13.9. The summed E-state index contributed by atoms with van der Waals surface area (Å²) in [5.74, 6) is 0. The molecule has 0 aliphatic carbocycles. The van der Waals surface area contributed by atoms with Crippen LogP contribution in [0.1, 0.15) is 11.1 Å². The van der Waals surface area contributed by atoms with E-state index in [4.69, 9.17) is 5.26 Å². The van der Waals surface area contributed by atoms with Gasteiger partial charge in [-0.1, -0.05) is 50.9 Å². The summed E-state index contributed by atoms with van der Waals surface area (Å²) >= 11 is 3.27. The maximum absolute atomic E-state index is 12.0. The fourth-order valence-corrected chi connectivity index (χ4v) is 2.57. The van der Waals surface area contributed by atoms with Crippen molar-refractivity contribution in [3.8, 4) is 6.07 Å². The molecule has 5 nitrogen and oxygen atoms in total. The van der Waals surface area contributed by atoms with Crippen molar-refractivity contribution in [2.45, 2.75) is 11.8 Å². The monoisotopic (exact) mass is 378 g/mol. The van der Waals surface area contributed by atoms with Crippen LogP contribution >= 0.6 is 15.9 Å². The Hall–Kier alpha value is -2.17. The number of nitriles is 1. The topological polar surface area (TPSA) is 79.5 Å². The van der Waals surface area contributed by atoms with Gasteiger partial charge in [-0.05, 0) is 31.2 Å². The summed E-state index contributed by atoms with van der Waals surface area (Å²) in [6, 6.07) is 14.7. The molecule has 0 radical (unpaired) electrons. The van der Waals surface area contributed by atoms with Gasteiger partial charge in [-0.3, -0.25) is 4.28 Å². The molecule has 0 saturated heterocycles. The lowest BCUT2D eigenvalue weighted by Gasteiger charge is -2.03. The van der Waals surface area contributed by atoms with Crippen molar-refractivity contribution in [2.24, 2.45) is 5.16 Å². The Morgan fingerprint density at radius 3 is 2.27 bits per heavy atom. The molecule has 0 saturated carbocycles. The fourth-order valence-electron chi connectivity index (χ4n) is 1.58. The molecular weight excluding hydrogens is 368 g/mol. The first-order valence-electron chi connectivity index (χ1n) is 6.17. The van der Waals surface area contributed by atoms with Gasteiger partial charge in [0.2, 0.25) is 0 Å². The van der Waals surface area contributed by atoms with Crippen LogP contribution in [0.15, 0.2) is 63.1 Å². The highest BCUT2D eigenvalue weighted by Crippen LogP contribution is 2.15. The fraction of sp³-hybridized carbons (Fsp3) is 0.0667. The molecule has 0 unspecified atom stereocenters. The summed E-state index contributed by atoms with van der Waals surface area (Å²) < 4.78 is 29.5. The van der Waals surface area contributed by atoms with Crippen molar-refractivity contribution in [3.05, 3.63) is 64.1 Å². The predicted molar refractivity (Wildman–Crippen MR) is 85.7 cm³/mol. The van der Waals surface area contributed by atoms with Crippen molar-refractivity contribution >= 4 is 31.8 Å². The molecule has 2 aromatic rings. The predicted octanol–water partition coefficient (Wildman–Crippen LogP) is 3.39. The smallest absolute Gasteiger partial charge is 0.263 e. The van der Waals surface area contributed by atoms with Gasteiger partial charge in [-0.2, -0.15) is 13.7 Å². The highest BCUT2D eigenvalue weighted by molar-refractivity contribution is 9.10. The number of oxime groups is 1. The van der Waals surface area contributed by atoms with Crippen LogP contribution < -0.4 is 0 Å². The third-order valence-electron chi connectivity index (χ3n) is 2.76. The van der Waals surface area contributed by atoms with Gasteiger partial charge in [0.05, 0.1) is 0 Å². The van der Waals surface area contributed by atoms with E-state index in [1.54, 1.807) is 36.4 Å². The second kappa shape index (κ2) is 6.73. The average Bonchev–Trinajstić information content (AvgIpc) is 2.50. The molecule has 0 aromatic heterocycles. The maximum atomic E-state index is 12.0. The van der Waals surface area contributed by atoms with Gasteiger partial charge in [0.15, 0.2) is 5.71 Å². The molecule has 2 aromatic carbocycles. The largest absolute Gasteiger partial charge is 0.358 e. The quantitative estimate of drug-likeness (QED) is 0.603. The molecule has 0 aliphatic rings. The van der Waals surface area contributed by atoms with Crippen molar-refractivity contribution in [3.63, 3.8) is 0 Å². The van der Waals surface area contributed by atoms with E-state index in [1.807, 2.05) is 13.0 Å². The Morgan fingerprint density at radius 1 is 1.14 bits per heavy atom. The first-order chi connectivity index (χ1) is 10.4. The Bertz CT molecular complexity index is 836.